The Balaban J connectivity index is 1.46. The number of hydrogen-bond donors (Lipinski definition) is 1. The molecule has 1 N–H and O–H groups in total. The van der Waals surface area contributed by atoms with Crippen molar-refractivity contribution in [2.45, 2.75) is 44.7 Å². The van der Waals surface area contributed by atoms with E-state index in [4.69, 9.17) is 10.00 Å². The summed E-state index contributed by atoms with van der Waals surface area (Å²) in [4.78, 5) is 4.51. The molecule has 2 heterocycles. The van der Waals surface area contributed by atoms with Gasteiger partial charge in [0.05, 0.1) is 12.7 Å². The number of aromatic nitrogens is 2. The first kappa shape index (κ1) is 16.5. The summed E-state index contributed by atoms with van der Waals surface area (Å²) < 4.78 is 7.96. The predicted molar refractivity (Wildman–Crippen MR) is 92.7 cm³/mol. The van der Waals surface area contributed by atoms with Gasteiger partial charge < -0.3 is 14.6 Å². The summed E-state index contributed by atoms with van der Waals surface area (Å²) in [7, 11) is 0. The number of ether oxygens (including phenoxy) is 1. The summed E-state index contributed by atoms with van der Waals surface area (Å²) in [6, 6.07) is 10.3. The molecule has 0 spiro atoms. The van der Waals surface area contributed by atoms with Gasteiger partial charge in [0.2, 0.25) is 0 Å². The van der Waals surface area contributed by atoms with Crippen molar-refractivity contribution in [2.75, 3.05) is 13.2 Å². The lowest BCUT2D eigenvalue weighted by Crippen LogP contribution is -2.26. The number of nitriles is 1. The molecule has 0 saturated carbocycles. The number of imidazole rings is 1. The first-order chi connectivity index (χ1) is 11.9. The Hall–Kier alpha value is -2.32. The van der Waals surface area contributed by atoms with Crippen molar-refractivity contribution in [3.63, 3.8) is 0 Å². The topological polar surface area (TPSA) is 62.9 Å². The molecule has 1 aromatic heterocycles. The van der Waals surface area contributed by atoms with Gasteiger partial charge in [-0.05, 0) is 37.0 Å². The molecule has 5 nitrogen and oxygen atoms in total. The zero-order valence-corrected chi connectivity index (χ0v) is 13.9. The Morgan fingerprint density at radius 3 is 3.29 bits per heavy atom. The van der Waals surface area contributed by atoms with Crippen LogP contribution in [0.1, 0.15) is 43.0 Å². The lowest BCUT2D eigenvalue weighted by molar-refractivity contribution is 0.312. The van der Waals surface area contributed by atoms with E-state index in [1.165, 1.54) is 24.2 Å². The fourth-order valence-electron chi connectivity index (χ4n) is 3.18. The number of unbranched alkanes of at least 4 members (excludes halogenated alkanes) is 1. The minimum Gasteiger partial charge on any atom is -0.494 e. The smallest absolute Gasteiger partial charge is 0.119 e. The van der Waals surface area contributed by atoms with E-state index in [1.54, 1.807) is 0 Å². The van der Waals surface area contributed by atoms with Gasteiger partial charge in [-0.15, -0.1) is 0 Å². The monoisotopic (exact) mass is 324 g/mol. The van der Waals surface area contributed by atoms with Gasteiger partial charge >= 0.3 is 0 Å². The molecule has 1 atom stereocenters. The second-order valence-corrected chi connectivity index (χ2v) is 6.21. The molecule has 5 heteroatoms. The first-order valence-electron chi connectivity index (χ1n) is 8.67. The van der Waals surface area contributed by atoms with E-state index < -0.39 is 0 Å². The molecule has 0 aliphatic carbocycles. The van der Waals surface area contributed by atoms with Crippen molar-refractivity contribution < 1.29 is 4.74 Å². The molecule has 0 bridgehead atoms. The van der Waals surface area contributed by atoms with Crippen molar-refractivity contribution in [1.82, 2.24) is 14.9 Å². The molecule has 1 aliphatic heterocycles. The fourth-order valence-corrected chi connectivity index (χ4v) is 3.18. The second-order valence-electron chi connectivity index (χ2n) is 6.21. The summed E-state index contributed by atoms with van der Waals surface area (Å²) in [6.07, 6.45) is 7.72. The van der Waals surface area contributed by atoms with Crippen LogP contribution in [0.2, 0.25) is 0 Å². The molecular weight excluding hydrogens is 300 g/mol. The van der Waals surface area contributed by atoms with Crippen LogP contribution in [0, 0.1) is 11.3 Å². The number of aryl methyl sites for hydroxylation is 1. The number of fused-ring (bicyclic) bond motifs is 1. The zero-order valence-electron chi connectivity index (χ0n) is 13.9. The van der Waals surface area contributed by atoms with E-state index in [0.29, 0.717) is 18.9 Å². The van der Waals surface area contributed by atoms with Gasteiger partial charge in [0.15, 0.2) is 0 Å². The highest BCUT2D eigenvalue weighted by Gasteiger charge is 2.20. The Bertz CT molecular complexity index is 689. The molecule has 1 aromatic carbocycles. The summed E-state index contributed by atoms with van der Waals surface area (Å²) in [5.41, 5.74) is 1.21. The Morgan fingerprint density at radius 1 is 1.42 bits per heavy atom. The average molecular weight is 324 g/mol. The molecule has 1 aliphatic rings. The van der Waals surface area contributed by atoms with Crippen LogP contribution in [0.15, 0.2) is 36.7 Å². The summed E-state index contributed by atoms with van der Waals surface area (Å²) >= 11 is 0. The van der Waals surface area contributed by atoms with Crippen LogP contribution in [-0.4, -0.2) is 22.7 Å². The molecule has 0 radical (unpaired) electrons. The molecule has 2 aromatic rings. The van der Waals surface area contributed by atoms with Gasteiger partial charge in [0.1, 0.15) is 11.6 Å². The summed E-state index contributed by atoms with van der Waals surface area (Å²) in [5, 5.41) is 12.1. The second kappa shape index (κ2) is 8.51. The molecule has 0 fully saturated rings. The van der Waals surface area contributed by atoms with E-state index in [0.717, 1.165) is 31.8 Å². The third-order valence-electron chi connectivity index (χ3n) is 4.38. The van der Waals surface area contributed by atoms with Crippen LogP contribution < -0.4 is 10.1 Å². The van der Waals surface area contributed by atoms with E-state index >= 15 is 0 Å². The normalized spacial score (nSPS) is 16.4. The van der Waals surface area contributed by atoms with Gasteiger partial charge in [-0.2, -0.15) is 5.26 Å². The maximum absolute atomic E-state index is 8.54. The van der Waals surface area contributed by atoms with Crippen LogP contribution in [-0.2, 0) is 13.1 Å². The van der Waals surface area contributed by atoms with Gasteiger partial charge in [-0.1, -0.05) is 12.1 Å². The molecule has 3 rings (SSSR count). The van der Waals surface area contributed by atoms with E-state index in [2.05, 4.69) is 39.3 Å². The highest BCUT2D eigenvalue weighted by molar-refractivity contribution is 5.28. The first-order valence-corrected chi connectivity index (χ1v) is 8.67. The van der Waals surface area contributed by atoms with E-state index in [9.17, 15) is 0 Å². The Kier molecular flexibility index (Phi) is 5.86. The Labute approximate surface area is 143 Å². The lowest BCUT2D eigenvalue weighted by Gasteiger charge is -2.23. The summed E-state index contributed by atoms with van der Waals surface area (Å²) in [5.74, 6) is 2.59. The number of benzene rings is 1. The largest absolute Gasteiger partial charge is 0.494 e. The molecule has 0 saturated heterocycles. The van der Waals surface area contributed by atoms with Gasteiger partial charge in [-0.3, -0.25) is 0 Å². The Morgan fingerprint density at radius 2 is 2.38 bits per heavy atom. The van der Waals surface area contributed by atoms with Gasteiger partial charge in [0, 0.05) is 44.4 Å². The number of nitrogens with one attached hydrogen (secondary N) is 1. The quantitative estimate of drug-likeness (QED) is 0.757. The van der Waals surface area contributed by atoms with Crippen molar-refractivity contribution in [1.29, 1.82) is 5.26 Å². The third-order valence-corrected chi connectivity index (χ3v) is 4.38. The standard InChI is InChI=1S/C19H24N4O/c20-8-1-2-12-24-18-7-3-5-16(13-18)14-21-15-17-6-4-10-23-11-9-22-19(17)23/h3,5,7,9,11,13,17,21H,1-2,4,6,10,12,14-15H2/t17-/m0/s1. The molecule has 24 heavy (non-hydrogen) atoms. The van der Waals surface area contributed by atoms with Crippen LogP contribution in [0.3, 0.4) is 0 Å². The number of rotatable bonds is 8. The van der Waals surface area contributed by atoms with Crippen LogP contribution in [0.25, 0.3) is 0 Å². The third kappa shape index (κ3) is 4.36. The van der Waals surface area contributed by atoms with Gasteiger partial charge in [0.25, 0.3) is 0 Å². The molecular formula is C19H24N4O. The fraction of sp³-hybridized carbons (Fsp3) is 0.474. The number of hydrogen-bond acceptors (Lipinski definition) is 4. The van der Waals surface area contributed by atoms with Crippen molar-refractivity contribution >= 4 is 0 Å². The number of nitrogens with zero attached hydrogens (tertiary/aromatic N) is 3. The van der Waals surface area contributed by atoms with Crippen molar-refractivity contribution in [3.8, 4) is 11.8 Å². The predicted octanol–water partition coefficient (Wildman–Crippen LogP) is 3.23. The summed E-state index contributed by atoms with van der Waals surface area (Å²) in [6.45, 7) is 3.46. The van der Waals surface area contributed by atoms with Crippen LogP contribution in [0.5, 0.6) is 5.75 Å². The lowest BCUT2D eigenvalue weighted by atomic mass is 9.99. The maximum Gasteiger partial charge on any atom is 0.119 e. The molecule has 0 amide bonds. The van der Waals surface area contributed by atoms with Gasteiger partial charge in [-0.25, -0.2) is 4.98 Å². The highest BCUT2D eigenvalue weighted by Crippen LogP contribution is 2.25. The van der Waals surface area contributed by atoms with E-state index in [1.807, 2.05) is 18.3 Å². The highest BCUT2D eigenvalue weighted by atomic mass is 16.5. The van der Waals surface area contributed by atoms with E-state index in [-0.39, 0.29) is 0 Å². The van der Waals surface area contributed by atoms with Crippen molar-refractivity contribution in [3.05, 3.63) is 48.0 Å². The SMILES string of the molecule is N#CCCCOc1cccc(CNC[C@@H]2CCCn3ccnc32)c1. The minimum atomic E-state index is 0.499. The average Bonchev–Trinajstić information content (AvgIpc) is 3.09. The zero-order chi connectivity index (χ0) is 16.6. The van der Waals surface area contributed by atoms with Crippen LogP contribution >= 0.6 is 0 Å². The van der Waals surface area contributed by atoms with Crippen molar-refractivity contribution in [2.24, 2.45) is 0 Å². The maximum atomic E-state index is 8.54. The van der Waals surface area contributed by atoms with Crippen LogP contribution in [0.4, 0.5) is 0 Å². The molecule has 126 valence electrons. The molecule has 0 unspecified atom stereocenters. The minimum absolute atomic E-state index is 0.499.